The molecule has 176 valence electrons. The molecule has 2 aliphatic rings. The third-order valence-corrected chi connectivity index (χ3v) is 6.08. The molecule has 1 aliphatic carbocycles. The minimum atomic E-state index is -0.284. The fourth-order valence-electron chi connectivity index (χ4n) is 4.02. The summed E-state index contributed by atoms with van der Waals surface area (Å²) in [5, 5.41) is 11.5. The first kappa shape index (κ1) is 22.9. The molecule has 1 aromatic carbocycles. The van der Waals surface area contributed by atoms with E-state index in [0.29, 0.717) is 44.3 Å². The van der Waals surface area contributed by atoms with Gasteiger partial charge in [0.1, 0.15) is 12.4 Å². The minimum Gasteiger partial charge on any atom is -0.353 e. The fourth-order valence-corrected chi connectivity index (χ4v) is 4.02. The highest BCUT2D eigenvalue weighted by atomic mass is 19.1. The molecule has 3 amide bonds. The topological polar surface area (TPSA) is 81.7 Å². The highest BCUT2D eigenvalue weighted by molar-refractivity contribution is 5.84. The van der Waals surface area contributed by atoms with Crippen LogP contribution in [0, 0.1) is 11.7 Å². The van der Waals surface area contributed by atoms with Crippen LogP contribution in [0.2, 0.25) is 0 Å². The van der Waals surface area contributed by atoms with Crippen molar-refractivity contribution in [3.8, 4) is 11.3 Å². The number of nitrogens with one attached hydrogen (secondary N) is 1. The van der Waals surface area contributed by atoms with Crippen molar-refractivity contribution in [2.45, 2.75) is 26.2 Å². The van der Waals surface area contributed by atoms with Gasteiger partial charge in [-0.3, -0.25) is 4.79 Å². The molecular formula is C24H31FN6O2. The van der Waals surface area contributed by atoms with Crippen LogP contribution in [0.25, 0.3) is 11.3 Å². The number of benzene rings is 1. The number of rotatable bonds is 7. The lowest BCUT2D eigenvalue weighted by Crippen LogP contribution is -2.48. The van der Waals surface area contributed by atoms with E-state index in [1.54, 1.807) is 17.0 Å². The Kier molecular flexibility index (Phi) is 7.36. The van der Waals surface area contributed by atoms with Crippen molar-refractivity contribution in [3.05, 3.63) is 42.2 Å². The van der Waals surface area contributed by atoms with E-state index in [4.69, 9.17) is 0 Å². The van der Waals surface area contributed by atoms with Gasteiger partial charge in [-0.25, -0.2) is 9.18 Å². The second kappa shape index (κ2) is 10.6. The van der Waals surface area contributed by atoms with Crippen LogP contribution in [0.1, 0.15) is 26.2 Å². The van der Waals surface area contributed by atoms with Crippen LogP contribution < -0.4 is 10.2 Å². The molecule has 1 N–H and O–H groups in total. The predicted octanol–water partition coefficient (Wildman–Crippen LogP) is 2.76. The summed E-state index contributed by atoms with van der Waals surface area (Å²) in [6.07, 6.45) is 3.07. The van der Waals surface area contributed by atoms with Gasteiger partial charge in [0, 0.05) is 44.8 Å². The van der Waals surface area contributed by atoms with Crippen LogP contribution in [-0.4, -0.2) is 77.7 Å². The van der Waals surface area contributed by atoms with E-state index >= 15 is 0 Å². The molecule has 2 fully saturated rings. The third-order valence-electron chi connectivity index (χ3n) is 6.08. The van der Waals surface area contributed by atoms with Crippen LogP contribution in [0.3, 0.4) is 0 Å². The maximum atomic E-state index is 13.1. The van der Waals surface area contributed by atoms with Crippen molar-refractivity contribution in [3.63, 3.8) is 0 Å². The predicted molar refractivity (Wildman–Crippen MR) is 124 cm³/mol. The van der Waals surface area contributed by atoms with Crippen molar-refractivity contribution >= 4 is 17.8 Å². The Morgan fingerprint density at radius 3 is 2.52 bits per heavy atom. The number of aromatic nitrogens is 2. The lowest BCUT2D eigenvalue weighted by molar-refractivity contribution is -0.131. The van der Waals surface area contributed by atoms with E-state index in [2.05, 4.69) is 20.4 Å². The molecule has 0 spiro atoms. The molecule has 0 bridgehead atoms. The van der Waals surface area contributed by atoms with Crippen LogP contribution in [0.4, 0.5) is 15.0 Å². The molecule has 0 radical (unpaired) electrons. The molecule has 0 unspecified atom stereocenters. The quantitative estimate of drug-likeness (QED) is 0.696. The van der Waals surface area contributed by atoms with Gasteiger partial charge in [-0.1, -0.05) is 0 Å². The van der Waals surface area contributed by atoms with Crippen molar-refractivity contribution in [1.82, 2.24) is 25.3 Å². The van der Waals surface area contributed by atoms with Crippen molar-refractivity contribution in [2.24, 2.45) is 5.92 Å². The third kappa shape index (κ3) is 6.18. The molecule has 9 heteroatoms. The Labute approximate surface area is 193 Å². The van der Waals surface area contributed by atoms with Gasteiger partial charge in [-0.2, -0.15) is 0 Å². The number of carbonyl (C=O) groups is 2. The van der Waals surface area contributed by atoms with Crippen LogP contribution in [-0.2, 0) is 4.79 Å². The first-order valence-corrected chi connectivity index (χ1v) is 11.7. The number of carbonyl (C=O) groups excluding carboxylic acids is 2. The maximum absolute atomic E-state index is 13.1. The molecule has 1 saturated heterocycles. The molecule has 2 heterocycles. The summed E-state index contributed by atoms with van der Waals surface area (Å²) in [7, 11) is 0. The van der Waals surface area contributed by atoms with Gasteiger partial charge in [-0.05, 0) is 68.5 Å². The molecule has 0 atom stereocenters. The van der Waals surface area contributed by atoms with Gasteiger partial charge in [-0.15, -0.1) is 10.2 Å². The molecule has 1 aliphatic heterocycles. The molecule has 8 nitrogen and oxygen atoms in total. The number of urea groups is 1. The van der Waals surface area contributed by atoms with Crippen LogP contribution in [0.5, 0.6) is 0 Å². The number of hydrogen-bond acceptors (Lipinski definition) is 5. The summed E-state index contributed by atoms with van der Waals surface area (Å²) >= 11 is 0. The summed E-state index contributed by atoms with van der Waals surface area (Å²) in [5.41, 5.74) is 1.50. The number of anilines is 1. The van der Waals surface area contributed by atoms with E-state index in [-0.39, 0.29) is 24.3 Å². The van der Waals surface area contributed by atoms with E-state index in [0.717, 1.165) is 37.2 Å². The Balaban J connectivity index is 1.34. The van der Waals surface area contributed by atoms with Crippen LogP contribution >= 0.6 is 0 Å². The summed E-state index contributed by atoms with van der Waals surface area (Å²) in [4.78, 5) is 31.0. The van der Waals surface area contributed by atoms with Crippen molar-refractivity contribution in [2.75, 3.05) is 50.7 Å². The van der Waals surface area contributed by atoms with Gasteiger partial charge in [0.15, 0.2) is 5.82 Å². The Bertz CT molecular complexity index is 948. The lowest BCUT2D eigenvalue weighted by atomic mass is 10.1. The smallest absolute Gasteiger partial charge is 0.317 e. The summed E-state index contributed by atoms with van der Waals surface area (Å²) in [6.45, 7) is 5.86. The Morgan fingerprint density at radius 1 is 1.06 bits per heavy atom. The Hall–Kier alpha value is -3.23. The number of amides is 3. The van der Waals surface area contributed by atoms with E-state index < -0.39 is 0 Å². The van der Waals surface area contributed by atoms with Crippen molar-refractivity contribution in [1.29, 1.82) is 0 Å². The summed E-state index contributed by atoms with van der Waals surface area (Å²) < 4.78 is 13.1. The Morgan fingerprint density at radius 2 is 1.85 bits per heavy atom. The van der Waals surface area contributed by atoms with E-state index in [9.17, 15) is 14.0 Å². The molecular weight excluding hydrogens is 423 g/mol. The van der Waals surface area contributed by atoms with E-state index in [1.807, 2.05) is 24.0 Å². The van der Waals surface area contributed by atoms with E-state index in [1.165, 1.54) is 12.1 Å². The summed E-state index contributed by atoms with van der Waals surface area (Å²) in [6, 6.07) is 9.81. The lowest BCUT2D eigenvalue weighted by Gasteiger charge is -2.27. The number of nitrogens with zero attached hydrogens (tertiary/aromatic N) is 5. The molecule has 1 saturated carbocycles. The number of halogens is 1. The monoisotopic (exact) mass is 454 g/mol. The van der Waals surface area contributed by atoms with Gasteiger partial charge < -0.3 is 20.0 Å². The zero-order valence-electron chi connectivity index (χ0n) is 19.0. The second-order valence-corrected chi connectivity index (χ2v) is 8.66. The average Bonchev–Trinajstić information content (AvgIpc) is 3.66. The van der Waals surface area contributed by atoms with Gasteiger partial charge >= 0.3 is 6.03 Å². The zero-order valence-corrected chi connectivity index (χ0v) is 19.0. The molecule has 33 heavy (non-hydrogen) atoms. The van der Waals surface area contributed by atoms with Gasteiger partial charge in [0.2, 0.25) is 5.91 Å². The first-order chi connectivity index (χ1) is 16.0. The van der Waals surface area contributed by atoms with Gasteiger partial charge in [0.05, 0.1) is 5.69 Å². The molecule has 1 aromatic heterocycles. The van der Waals surface area contributed by atoms with Crippen LogP contribution in [0.15, 0.2) is 36.4 Å². The fraction of sp³-hybridized carbons (Fsp3) is 0.500. The largest absolute Gasteiger partial charge is 0.353 e. The zero-order chi connectivity index (χ0) is 23.2. The maximum Gasteiger partial charge on any atom is 0.317 e. The highest BCUT2D eigenvalue weighted by Crippen LogP contribution is 2.29. The average molecular weight is 455 g/mol. The number of hydrogen-bond donors (Lipinski definition) is 1. The normalized spacial score (nSPS) is 16.3. The minimum absolute atomic E-state index is 0.0125. The standard InChI is InChI=1S/C24H31FN6O2/c1-2-26-24(33)31(16-18-4-5-18)17-23(32)30-13-3-12-29(14-15-30)22-11-10-21(27-28-22)19-6-8-20(25)9-7-19/h6-11,18H,2-5,12-17H2,1H3,(H,26,33). The molecule has 4 rings (SSSR count). The highest BCUT2D eigenvalue weighted by Gasteiger charge is 2.29. The first-order valence-electron chi connectivity index (χ1n) is 11.7. The second-order valence-electron chi connectivity index (χ2n) is 8.66. The summed E-state index contributed by atoms with van der Waals surface area (Å²) in [5.74, 6) is 0.986. The van der Waals surface area contributed by atoms with Gasteiger partial charge in [0.25, 0.3) is 0 Å². The SMILES string of the molecule is CCNC(=O)N(CC(=O)N1CCCN(c2ccc(-c3ccc(F)cc3)nn2)CC1)CC1CC1. The van der Waals surface area contributed by atoms with Crippen molar-refractivity contribution < 1.29 is 14.0 Å². The molecule has 2 aromatic rings.